The molecule has 140 valence electrons. The fourth-order valence-electron chi connectivity index (χ4n) is 4.60. The molecule has 0 saturated heterocycles. The maximum absolute atomic E-state index is 4.65. The standard InChI is InChI=1S/C24H39N/c1-8-19(18(5)24(6,7)10-3)16-20(9-2)21-14-15-25-22-13-11-12-17(4)23(21)22/h11,13-15,17-20H,8-10,12,16H2,1-7H3. The van der Waals surface area contributed by atoms with Crippen molar-refractivity contribution in [3.05, 3.63) is 35.2 Å². The molecule has 0 aliphatic heterocycles. The zero-order valence-electron chi connectivity index (χ0n) is 17.6. The first-order valence-electron chi connectivity index (χ1n) is 10.5. The van der Waals surface area contributed by atoms with Gasteiger partial charge in [0.1, 0.15) is 0 Å². The van der Waals surface area contributed by atoms with Crippen molar-refractivity contribution < 1.29 is 0 Å². The zero-order chi connectivity index (χ0) is 18.6. The summed E-state index contributed by atoms with van der Waals surface area (Å²) >= 11 is 0. The van der Waals surface area contributed by atoms with Gasteiger partial charge in [-0.2, -0.15) is 0 Å². The highest BCUT2D eigenvalue weighted by molar-refractivity contribution is 5.56. The van der Waals surface area contributed by atoms with Gasteiger partial charge in [0.25, 0.3) is 0 Å². The van der Waals surface area contributed by atoms with Gasteiger partial charge < -0.3 is 0 Å². The van der Waals surface area contributed by atoms with E-state index in [0.29, 0.717) is 17.3 Å². The van der Waals surface area contributed by atoms with E-state index in [4.69, 9.17) is 0 Å². The summed E-state index contributed by atoms with van der Waals surface area (Å²) in [5, 5.41) is 0. The van der Waals surface area contributed by atoms with Crippen LogP contribution in [0.5, 0.6) is 0 Å². The van der Waals surface area contributed by atoms with Gasteiger partial charge in [0, 0.05) is 6.20 Å². The number of allylic oxidation sites excluding steroid dienone is 1. The normalized spacial score (nSPS) is 20.8. The van der Waals surface area contributed by atoms with Crippen molar-refractivity contribution in [1.29, 1.82) is 0 Å². The molecule has 1 nitrogen and oxygen atoms in total. The fourth-order valence-corrected chi connectivity index (χ4v) is 4.60. The van der Waals surface area contributed by atoms with Crippen molar-refractivity contribution >= 4 is 6.08 Å². The second-order valence-electron chi connectivity index (χ2n) is 8.88. The largest absolute Gasteiger partial charge is 0.257 e. The molecular weight excluding hydrogens is 302 g/mol. The first kappa shape index (κ1) is 20.2. The Morgan fingerprint density at radius 1 is 1.20 bits per heavy atom. The predicted octanol–water partition coefficient (Wildman–Crippen LogP) is 7.58. The molecule has 0 fully saturated rings. The molecule has 1 heterocycles. The zero-order valence-corrected chi connectivity index (χ0v) is 17.6. The third-order valence-electron chi connectivity index (χ3n) is 7.21. The summed E-state index contributed by atoms with van der Waals surface area (Å²) in [6.45, 7) is 16.8. The summed E-state index contributed by atoms with van der Waals surface area (Å²) in [6.07, 6.45) is 12.8. The van der Waals surface area contributed by atoms with Crippen LogP contribution in [0.1, 0.15) is 109 Å². The van der Waals surface area contributed by atoms with E-state index >= 15 is 0 Å². The van der Waals surface area contributed by atoms with Crippen molar-refractivity contribution in [3.8, 4) is 0 Å². The minimum absolute atomic E-state index is 0.423. The lowest BCUT2D eigenvalue weighted by molar-refractivity contribution is 0.133. The number of aromatic nitrogens is 1. The van der Waals surface area contributed by atoms with E-state index in [1.165, 1.54) is 36.9 Å². The first-order chi connectivity index (χ1) is 11.9. The highest BCUT2D eigenvalue weighted by Gasteiger charge is 2.32. The van der Waals surface area contributed by atoms with E-state index in [9.17, 15) is 0 Å². The van der Waals surface area contributed by atoms with Crippen LogP contribution < -0.4 is 0 Å². The minimum atomic E-state index is 0.423. The Morgan fingerprint density at radius 3 is 2.52 bits per heavy atom. The molecule has 1 aliphatic carbocycles. The molecule has 0 bridgehead atoms. The smallest absolute Gasteiger partial charge is 0.0664 e. The molecule has 0 radical (unpaired) electrons. The second-order valence-corrected chi connectivity index (χ2v) is 8.88. The number of hydrogen-bond donors (Lipinski definition) is 0. The van der Waals surface area contributed by atoms with Gasteiger partial charge in [-0.15, -0.1) is 0 Å². The van der Waals surface area contributed by atoms with E-state index in [2.05, 4.69) is 71.7 Å². The van der Waals surface area contributed by atoms with Gasteiger partial charge in [-0.3, -0.25) is 4.98 Å². The molecule has 0 saturated carbocycles. The van der Waals surface area contributed by atoms with Gasteiger partial charge in [-0.1, -0.05) is 67.4 Å². The van der Waals surface area contributed by atoms with Gasteiger partial charge in [0.05, 0.1) is 5.69 Å². The van der Waals surface area contributed by atoms with Gasteiger partial charge in [-0.05, 0) is 71.6 Å². The molecule has 1 aromatic heterocycles. The molecular formula is C24H39N. The molecule has 25 heavy (non-hydrogen) atoms. The van der Waals surface area contributed by atoms with Crippen molar-refractivity contribution in [2.75, 3.05) is 0 Å². The molecule has 1 aliphatic rings. The average Bonchev–Trinajstić information content (AvgIpc) is 2.62. The third-order valence-corrected chi connectivity index (χ3v) is 7.21. The fraction of sp³-hybridized carbons (Fsp3) is 0.708. The Bertz CT molecular complexity index is 584. The molecule has 0 amide bonds. The van der Waals surface area contributed by atoms with Crippen LogP contribution in [0.3, 0.4) is 0 Å². The number of nitrogens with zero attached hydrogens (tertiary/aromatic N) is 1. The number of hydrogen-bond acceptors (Lipinski definition) is 1. The molecule has 4 atom stereocenters. The summed E-state index contributed by atoms with van der Waals surface area (Å²) in [4.78, 5) is 4.65. The summed E-state index contributed by atoms with van der Waals surface area (Å²) in [5.41, 5.74) is 4.73. The quantitative estimate of drug-likeness (QED) is 0.474. The van der Waals surface area contributed by atoms with Crippen molar-refractivity contribution in [3.63, 3.8) is 0 Å². The van der Waals surface area contributed by atoms with E-state index in [-0.39, 0.29) is 0 Å². The Kier molecular flexibility index (Phi) is 6.88. The van der Waals surface area contributed by atoms with Gasteiger partial charge in [0.15, 0.2) is 0 Å². The van der Waals surface area contributed by atoms with Crippen LogP contribution in [-0.2, 0) is 0 Å². The lowest BCUT2D eigenvalue weighted by atomic mass is 9.67. The maximum atomic E-state index is 4.65. The Labute approximate surface area is 156 Å². The molecule has 4 unspecified atom stereocenters. The molecule has 0 spiro atoms. The summed E-state index contributed by atoms with van der Waals surface area (Å²) in [6, 6.07) is 2.31. The van der Waals surface area contributed by atoms with Crippen molar-refractivity contribution in [2.24, 2.45) is 17.3 Å². The van der Waals surface area contributed by atoms with Crippen LogP contribution in [-0.4, -0.2) is 4.98 Å². The van der Waals surface area contributed by atoms with E-state index in [1.54, 1.807) is 5.56 Å². The molecule has 1 aromatic rings. The van der Waals surface area contributed by atoms with Gasteiger partial charge in [-0.25, -0.2) is 0 Å². The average molecular weight is 342 g/mol. The predicted molar refractivity (Wildman–Crippen MR) is 111 cm³/mol. The maximum Gasteiger partial charge on any atom is 0.0664 e. The summed E-state index contributed by atoms with van der Waals surface area (Å²) in [5.74, 6) is 2.80. The van der Waals surface area contributed by atoms with Gasteiger partial charge in [0.2, 0.25) is 0 Å². The topological polar surface area (TPSA) is 12.9 Å². The van der Waals surface area contributed by atoms with Crippen LogP contribution >= 0.6 is 0 Å². The third kappa shape index (κ3) is 4.36. The van der Waals surface area contributed by atoms with Crippen LogP contribution in [0.4, 0.5) is 0 Å². The first-order valence-corrected chi connectivity index (χ1v) is 10.5. The molecule has 1 heteroatoms. The number of pyridine rings is 1. The highest BCUT2D eigenvalue weighted by Crippen LogP contribution is 2.43. The SMILES string of the molecule is CCC(CC(CC)C(C)C(C)(C)CC)c1ccnc2c1C(C)CC=C2. The minimum Gasteiger partial charge on any atom is -0.257 e. The highest BCUT2D eigenvalue weighted by atomic mass is 14.7. The monoisotopic (exact) mass is 341 g/mol. The van der Waals surface area contributed by atoms with E-state index in [1.807, 2.05) is 6.20 Å². The van der Waals surface area contributed by atoms with Crippen LogP contribution in [0.15, 0.2) is 18.3 Å². The van der Waals surface area contributed by atoms with Crippen molar-refractivity contribution in [2.45, 2.75) is 92.4 Å². The van der Waals surface area contributed by atoms with Crippen LogP contribution in [0.25, 0.3) is 6.08 Å². The van der Waals surface area contributed by atoms with Gasteiger partial charge >= 0.3 is 0 Å². The number of fused-ring (bicyclic) bond motifs is 1. The van der Waals surface area contributed by atoms with Crippen molar-refractivity contribution in [1.82, 2.24) is 4.98 Å². The van der Waals surface area contributed by atoms with E-state index < -0.39 is 0 Å². The Hall–Kier alpha value is -1.11. The summed E-state index contributed by atoms with van der Waals surface area (Å²) in [7, 11) is 0. The molecule has 0 aromatic carbocycles. The second kappa shape index (κ2) is 8.52. The lowest BCUT2D eigenvalue weighted by Gasteiger charge is -2.38. The van der Waals surface area contributed by atoms with Crippen LogP contribution in [0.2, 0.25) is 0 Å². The Balaban J connectivity index is 2.30. The molecule has 2 rings (SSSR count). The lowest BCUT2D eigenvalue weighted by Crippen LogP contribution is -2.29. The Morgan fingerprint density at radius 2 is 1.92 bits per heavy atom. The molecule has 0 N–H and O–H groups in total. The summed E-state index contributed by atoms with van der Waals surface area (Å²) < 4.78 is 0. The number of rotatable bonds is 8. The van der Waals surface area contributed by atoms with Crippen LogP contribution in [0, 0.1) is 17.3 Å². The van der Waals surface area contributed by atoms with E-state index in [0.717, 1.165) is 18.3 Å².